The first-order valence-electron chi connectivity index (χ1n) is 7.13. The molecule has 0 N–H and O–H groups in total. The molecule has 1 radical (unpaired) electrons. The molecule has 0 atom stereocenters. The van der Waals surface area contributed by atoms with Crippen molar-refractivity contribution in [3.63, 3.8) is 0 Å². The monoisotopic (exact) mass is 269 g/mol. The second kappa shape index (κ2) is 7.63. The number of hydrogen-bond acceptors (Lipinski definition) is 3. The van der Waals surface area contributed by atoms with Gasteiger partial charge in [0, 0.05) is 17.3 Å². The minimum Gasteiger partial charge on any atom is -0.478 e. The normalized spacial score (nSPS) is 10.5. The average molecular weight is 269 g/mol. The van der Waals surface area contributed by atoms with Gasteiger partial charge in [-0.25, -0.2) is 4.98 Å². The lowest BCUT2D eigenvalue weighted by atomic mass is 10.2. The molecule has 0 amide bonds. The zero-order valence-electron chi connectivity index (χ0n) is 12.0. The second-order valence-corrected chi connectivity index (χ2v) is 4.80. The van der Waals surface area contributed by atoms with E-state index in [0.717, 1.165) is 42.8 Å². The molecule has 3 heteroatoms. The van der Waals surface area contributed by atoms with Crippen molar-refractivity contribution in [3.8, 4) is 17.3 Å². The smallest absolute Gasteiger partial charge is 0.217 e. The van der Waals surface area contributed by atoms with Crippen LogP contribution in [0.1, 0.15) is 31.4 Å². The van der Waals surface area contributed by atoms with Crippen LogP contribution in [0.4, 0.5) is 0 Å². The molecule has 0 fully saturated rings. The molecule has 105 valence electrons. The second-order valence-electron chi connectivity index (χ2n) is 4.80. The highest BCUT2D eigenvalue weighted by molar-refractivity contribution is 5.55. The van der Waals surface area contributed by atoms with E-state index in [1.807, 2.05) is 43.3 Å². The highest BCUT2D eigenvalue weighted by Crippen LogP contribution is 2.18. The molecule has 2 aromatic rings. The SMILES string of the molecule is [CH2]CCCCCOc1cc(C)nc(-c2ccccc2)n1. The maximum atomic E-state index is 5.72. The Bertz CT molecular complexity index is 526. The predicted octanol–water partition coefficient (Wildman–Crippen LogP) is 4.23. The van der Waals surface area contributed by atoms with Crippen LogP contribution >= 0.6 is 0 Å². The van der Waals surface area contributed by atoms with Crippen molar-refractivity contribution in [3.05, 3.63) is 49.0 Å². The minimum atomic E-state index is 0.658. The predicted molar refractivity (Wildman–Crippen MR) is 81.5 cm³/mol. The summed E-state index contributed by atoms with van der Waals surface area (Å²) in [5.41, 5.74) is 1.93. The lowest BCUT2D eigenvalue weighted by Gasteiger charge is -2.08. The molecule has 0 aliphatic carbocycles. The molecular formula is C17H21N2O. The van der Waals surface area contributed by atoms with Crippen molar-refractivity contribution in [1.29, 1.82) is 0 Å². The Balaban J connectivity index is 2.02. The quantitative estimate of drug-likeness (QED) is 0.706. The zero-order valence-corrected chi connectivity index (χ0v) is 12.0. The van der Waals surface area contributed by atoms with Crippen LogP contribution in [-0.2, 0) is 0 Å². The Labute approximate surface area is 121 Å². The van der Waals surface area contributed by atoms with Gasteiger partial charge in [0.2, 0.25) is 5.88 Å². The first kappa shape index (κ1) is 14.5. The fourth-order valence-corrected chi connectivity index (χ4v) is 1.96. The van der Waals surface area contributed by atoms with Gasteiger partial charge in [-0.3, -0.25) is 0 Å². The molecule has 1 aromatic heterocycles. The van der Waals surface area contributed by atoms with Crippen LogP contribution in [0, 0.1) is 13.8 Å². The van der Waals surface area contributed by atoms with E-state index in [9.17, 15) is 0 Å². The lowest BCUT2D eigenvalue weighted by Crippen LogP contribution is -2.02. The highest BCUT2D eigenvalue weighted by Gasteiger charge is 2.05. The molecule has 1 aromatic carbocycles. The summed E-state index contributed by atoms with van der Waals surface area (Å²) in [6.45, 7) is 6.50. The van der Waals surface area contributed by atoms with Gasteiger partial charge in [0.25, 0.3) is 0 Å². The van der Waals surface area contributed by atoms with Crippen LogP contribution in [0.5, 0.6) is 5.88 Å². The number of rotatable bonds is 7. The summed E-state index contributed by atoms with van der Waals surface area (Å²) < 4.78 is 5.72. The summed E-state index contributed by atoms with van der Waals surface area (Å²) in [5.74, 6) is 1.38. The summed E-state index contributed by atoms with van der Waals surface area (Å²) in [6.07, 6.45) is 4.34. The van der Waals surface area contributed by atoms with E-state index in [-0.39, 0.29) is 0 Å². The third-order valence-electron chi connectivity index (χ3n) is 3.01. The van der Waals surface area contributed by atoms with Gasteiger partial charge in [0.05, 0.1) is 6.61 Å². The Kier molecular flexibility index (Phi) is 5.54. The maximum absolute atomic E-state index is 5.72. The van der Waals surface area contributed by atoms with Crippen LogP contribution in [0.3, 0.4) is 0 Å². The van der Waals surface area contributed by atoms with Crippen LogP contribution in [0.2, 0.25) is 0 Å². The molecule has 0 saturated heterocycles. The Hall–Kier alpha value is -1.90. The largest absolute Gasteiger partial charge is 0.478 e. The van der Waals surface area contributed by atoms with Gasteiger partial charge in [-0.2, -0.15) is 4.98 Å². The van der Waals surface area contributed by atoms with Crippen molar-refractivity contribution in [1.82, 2.24) is 9.97 Å². The van der Waals surface area contributed by atoms with Gasteiger partial charge in [-0.1, -0.05) is 56.5 Å². The molecule has 0 bridgehead atoms. The van der Waals surface area contributed by atoms with Gasteiger partial charge in [-0.05, 0) is 13.3 Å². The number of unbranched alkanes of at least 4 members (excludes halogenated alkanes) is 3. The topological polar surface area (TPSA) is 35.0 Å². The summed E-state index contributed by atoms with van der Waals surface area (Å²) in [5, 5.41) is 0. The summed E-state index contributed by atoms with van der Waals surface area (Å²) in [4.78, 5) is 8.94. The van der Waals surface area contributed by atoms with Gasteiger partial charge >= 0.3 is 0 Å². The van der Waals surface area contributed by atoms with Crippen LogP contribution in [0.15, 0.2) is 36.4 Å². The lowest BCUT2D eigenvalue weighted by molar-refractivity contribution is 0.294. The molecule has 3 nitrogen and oxygen atoms in total. The van der Waals surface area contributed by atoms with Crippen LogP contribution < -0.4 is 4.74 Å². The number of benzene rings is 1. The van der Waals surface area contributed by atoms with Crippen LogP contribution in [-0.4, -0.2) is 16.6 Å². The Morgan fingerprint density at radius 1 is 1.05 bits per heavy atom. The van der Waals surface area contributed by atoms with Crippen molar-refractivity contribution in [2.45, 2.75) is 32.6 Å². The summed E-state index contributed by atoms with van der Waals surface area (Å²) in [7, 11) is 0. The fraction of sp³-hybridized carbons (Fsp3) is 0.353. The molecule has 0 spiro atoms. The Morgan fingerprint density at radius 2 is 1.85 bits per heavy atom. The van der Waals surface area contributed by atoms with Crippen molar-refractivity contribution >= 4 is 0 Å². The van der Waals surface area contributed by atoms with E-state index in [0.29, 0.717) is 12.5 Å². The van der Waals surface area contributed by atoms with Gasteiger partial charge < -0.3 is 4.74 Å². The summed E-state index contributed by atoms with van der Waals surface area (Å²) >= 11 is 0. The van der Waals surface area contributed by atoms with E-state index in [1.54, 1.807) is 0 Å². The first-order valence-corrected chi connectivity index (χ1v) is 7.13. The molecule has 20 heavy (non-hydrogen) atoms. The number of ether oxygens (including phenoxy) is 1. The standard InChI is InChI=1S/C17H21N2O/c1-3-4-5-9-12-20-16-13-14(2)18-17(19-16)15-10-7-6-8-11-15/h6-8,10-11,13H,1,3-5,9,12H2,2H3. The van der Waals surface area contributed by atoms with E-state index in [1.165, 1.54) is 0 Å². The van der Waals surface area contributed by atoms with E-state index >= 15 is 0 Å². The number of nitrogens with zero attached hydrogens (tertiary/aromatic N) is 2. The van der Waals surface area contributed by atoms with E-state index in [4.69, 9.17) is 4.74 Å². The average Bonchev–Trinajstić information content (AvgIpc) is 2.47. The Morgan fingerprint density at radius 3 is 2.60 bits per heavy atom. The number of hydrogen-bond donors (Lipinski definition) is 0. The van der Waals surface area contributed by atoms with Crippen molar-refractivity contribution in [2.24, 2.45) is 0 Å². The van der Waals surface area contributed by atoms with Gasteiger partial charge in [-0.15, -0.1) is 0 Å². The molecular weight excluding hydrogens is 248 g/mol. The molecule has 0 aliphatic rings. The maximum Gasteiger partial charge on any atom is 0.217 e. The van der Waals surface area contributed by atoms with Gasteiger partial charge in [0.1, 0.15) is 0 Å². The first-order chi connectivity index (χ1) is 9.79. The zero-order chi connectivity index (χ0) is 14.2. The fourth-order valence-electron chi connectivity index (χ4n) is 1.96. The van der Waals surface area contributed by atoms with Crippen molar-refractivity contribution in [2.75, 3.05) is 6.61 Å². The third kappa shape index (κ3) is 4.34. The van der Waals surface area contributed by atoms with Gasteiger partial charge in [0.15, 0.2) is 5.82 Å². The van der Waals surface area contributed by atoms with Crippen molar-refractivity contribution < 1.29 is 4.74 Å². The molecule has 0 saturated carbocycles. The molecule has 1 heterocycles. The molecule has 0 unspecified atom stereocenters. The summed E-state index contributed by atoms with van der Waals surface area (Å²) in [6, 6.07) is 11.9. The van der Waals surface area contributed by atoms with E-state index < -0.39 is 0 Å². The minimum absolute atomic E-state index is 0.658. The molecule has 2 rings (SSSR count). The number of aromatic nitrogens is 2. The van der Waals surface area contributed by atoms with Crippen LogP contribution in [0.25, 0.3) is 11.4 Å². The third-order valence-corrected chi connectivity index (χ3v) is 3.01. The highest BCUT2D eigenvalue weighted by atomic mass is 16.5. The number of aryl methyl sites for hydroxylation is 1. The van der Waals surface area contributed by atoms with E-state index in [2.05, 4.69) is 16.9 Å². The molecule has 0 aliphatic heterocycles.